The summed E-state index contributed by atoms with van der Waals surface area (Å²) in [5, 5.41) is 3.16. The van der Waals surface area contributed by atoms with Gasteiger partial charge in [-0.05, 0) is 37.5 Å². The van der Waals surface area contributed by atoms with Gasteiger partial charge in [0.05, 0.1) is 5.56 Å². The van der Waals surface area contributed by atoms with Gasteiger partial charge in [-0.3, -0.25) is 4.79 Å². The number of carbonyl (C=O) groups is 1. The Hall–Kier alpha value is -2.29. The van der Waals surface area contributed by atoms with E-state index in [-0.39, 0.29) is 5.91 Å². The van der Waals surface area contributed by atoms with Gasteiger partial charge in [-0.2, -0.15) is 0 Å². The van der Waals surface area contributed by atoms with E-state index in [4.69, 9.17) is 4.74 Å². The molecule has 0 radical (unpaired) electrons. The lowest BCUT2D eigenvalue weighted by Gasteiger charge is -2.23. The number of ether oxygens (including phenoxy) is 1. The average molecular weight is 323 g/mol. The Bertz CT molecular complexity index is 690. The molecular formula is C21H25NO2. The van der Waals surface area contributed by atoms with Gasteiger partial charge in [0.1, 0.15) is 12.4 Å². The molecule has 2 aromatic carbocycles. The van der Waals surface area contributed by atoms with E-state index < -0.39 is 0 Å². The SMILES string of the molecule is Cc1cccc(COc2ccccc2C(=O)NC2CCCCC2)c1. The zero-order valence-electron chi connectivity index (χ0n) is 14.3. The van der Waals surface area contributed by atoms with Gasteiger partial charge in [-0.15, -0.1) is 0 Å². The lowest BCUT2D eigenvalue weighted by atomic mass is 9.95. The first kappa shape index (κ1) is 16.6. The fourth-order valence-electron chi connectivity index (χ4n) is 3.25. The van der Waals surface area contributed by atoms with Crippen LogP contribution in [0.2, 0.25) is 0 Å². The van der Waals surface area contributed by atoms with Crippen molar-refractivity contribution in [1.82, 2.24) is 5.32 Å². The Balaban J connectivity index is 1.66. The topological polar surface area (TPSA) is 38.3 Å². The molecule has 126 valence electrons. The summed E-state index contributed by atoms with van der Waals surface area (Å²) in [6.45, 7) is 2.53. The Morgan fingerprint density at radius 3 is 2.67 bits per heavy atom. The third-order valence-corrected chi connectivity index (χ3v) is 4.55. The standard InChI is InChI=1S/C21H25NO2/c1-16-8-7-9-17(14-16)15-24-20-13-6-5-12-19(20)21(23)22-18-10-3-2-4-11-18/h5-9,12-14,18H,2-4,10-11,15H2,1H3,(H,22,23). The summed E-state index contributed by atoms with van der Waals surface area (Å²) in [5.41, 5.74) is 2.94. The van der Waals surface area contributed by atoms with Crippen LogP contribution >= 0.6 is 0 Å². The highest BCUT2D eigenvalue weighted by atomic mass is 16.5. The van der Waals surface area contributed by atoms with E-state index in [1.54, 1.807) is 0 Å². The summed E-state index contributed by atoms with van der Waals surface area (Å²) in [6.07, 6.45) is 5.85. The van der Waals surface area contributed by atoms with E-state index in [1.807, 2.05) is 36.4 Å². The predicted octanol–water partition coefficient (Wildman–Crippen LogP) is 4.64. The fraction of sp³-hybridized carbons (Fsp3) is 0.381. The number of aryl methyl sites for hydroxylation is 1. The first-order valence-electron chi connectivity index (χ1n) is 8.80. The Labute approximate surface area is 144 Å². The normalized spacial score (nSPS) is 15.0. The van der Waals surface area contributed by atoms with Gasteiger partial charge in [0.15, 0.2) is 0 Å². The van der Waals surface area contributed by atoms with Crippen molar-refractivity contribution in [3.8, 4) is 5.75 Å². The molecule has 1 amide bonds. The number of para-hydroxylation sites is 1. The van der Waals surface area contributed by atoms with Crippen LogP contribution < -0.4 is 10.1 Å². The van der Waals surface area contributed by atoms with Gasteiger partial charge in [0, 0.05) is 6.04 Å². The first-order chi connectivity index (χ1) is 11.7. The number of benzene rings is 2. The summed E-state index contributed by atoms with van der Waals surface area (Å²) in [6, 6.07) is 16.0. The molecule has 1 aliphatic carbocycles. The second kappa shape index (κ2) is 8.00. The minimum Gasteiger partial charge on any atom is -0.488 e. The van der Waals surface area contributed by atoms with Crippen molar-refractivity contribution >= 4 is 5.91 Å². The zero-order chi connectivity index (χ0) is 16.8. The molecule has 3 heteroatoms. The number of amides is 1. The van der Waals surface area contributed by atoms with Crippen LogP contribution in [0.5, 0.6) is 5.75 Å². The van der Waals surface area contributed by atoms with Crippen molar-refractivity contribution in [2.45, 2.75) is 51.7 Å². The van der Waals surface area contributed by atoms with Gasteiger partial charge in [0.2, 0.25) is 0 Å². The van der Waals surface area contributed by atoms with Gasteiger partial charge < -0.3 is 10.1 Å². The van der Waals surface area contributed by atoms with Crippen LogP contribution in [-0.2, 0) is 6.61 Å². The smallest absolute Gasteiger partial charge is 0.255 e. The van der Waals surface area contributed by atoms with E-state index in [2.05, 4.69) is 24.4 Å². The van der Waals surface area contributed by atoms with Crippen LogP contribution in [0.4, 0.5) is 0 Å². The molecule has 1 N–H and O–H groups in total. The molecule has 3 nitrogen and oxygen atoms in total. The lowest BCUT2D eigenvalue weighted by molar-refractivity contribution is 0.0923. The van der Waals surface area contributed by atoms with Gasteiger partial charge in [0.25, 0.3) is 5.91 Å². The molecular weight excluding hydrogens is 298 g/mol. The maximum Gasteiger partial charge on any atom is 0.255 e. The second-order valence-electron chi connectivity index (χ2n) is 6.58. The molecule has 0 saturated heterocycles. The van der Waals surface area contributed by atoms with Crippen LogP contribution in [0, 0.1) is 6.92 Å². The highest BCUT2D eigenvalue weighted by Gasteiger charge is 2.18. The highest BCUT2D eigenvalue weighted by Crippen LogP contribution is 2.22. The molecule has 24 heavy (non-hydrogen) atoms. The monoisotopic (exact) mass is 323 g/mol. The van der Waals surface area contributed by atoms with Crippen LogP contribution in [0.25, 0.3) is 0 Å². The number of rotatable bonds is 5. The Kier molecular flexibility index (Phi) is 5.52. The molecule has 2 aromatic rings. The number of carbonyl (C=O) groups excluding carboxylic acids is 1. The minimum atomic E-state index is -0.0262. The minimum absolute atomic E-state index is 0.0262. The van der Waals surface area contributed by atoms with Crippen LogP contribution in [0.15, 0.2) is 48.5 Å². The molecule has 0 bridgehead atoms. The maximum absolute atomic E-state index is 12.6. The van der Waals surface area contributed by atoms with Crippen molar-refractivity contribution in [1.29, 1.82) is 0 Å². The molecule has 0 unspecified atom stereocenters. The fourth-order valence-corrected chi connectivity index (χ4v) is 3.25. The molecule has 1 aliphatic rings. The van der Waals surface area contributed by atoms with Crippen LogP contribution in [0.3, 0.4) is 0 Å². The number of hydrogen-bond acceptors (Lipinski definition) is 2. The molecule has 0 aliphatic heterocycles. The van der Waals surface area contributed by atoms with E-state index in [9.17, 15) is 4.79 Å². The summed E-state index contributed by atoms with van der Waals surface area (Å²) >= 11 is 0. The number of hydrogen-bond donors (Lipinski definition) is 1. The van der Waals surface area contributed by atoms with Crippen LogP contribution in [-0.4, -0.2) is 11.9 Å². The largest absolute Gasteiger partial charge is 0.488 e. The first-order valence-corrected chi connectivity index (χ1v) is 8.80. The van der Waals surface area contributed by atoms with Crippen molar-refractivity contribution in [2.75, 3.05) is 0 Å². The van der Waals surface area contributed by atoms with E-state index in [0.29, 0.717) is 24.0 Å². The van der Waals surface area contributed by atoms with E-state index in [0.717, 1.165) is 18.4 Å². The quantitative estimate of drug-likeness (QED) is 0.870. The van der Waals surface area contributed by atoms with Crippen molar-refractivity contribution in [2.24, 2.45) is 0 Å². The third-order valence-electron chi connectivity index (χ3n) is 4.55. The maximum atomic E-state index is 12.6. The van der Waals surface area contributed by atoms with Gasteiger partial charge >= 0.3 is 0 Å². The van der Waals surface area contributed by atoms with E-state index >= 15 is 0 Å². The summed E-state index contributed by atoms with van der Waals surface area (Å²) in [7, 11) is 0. The van der Waals surface area contributed by atoms with Crippen molar-refractivity contribution < 1.29 is 9.53 Å². The summed E-state index contributed by atoms with van der Waals surface area (Å²) in [4.78, 5) is 12.6. The van der Waals surface area contributed by atoms with Crippen molar-refractivity contribution in [3.05, 3.63) is 65.2 Å². The van der Waals surface area contributed by atoms with Crippen molar-refractivity contribution in [3.63, 3.8) is 0 Å². The van der Waals surface area contributed by atoms with Gasteiger partial charge in [-0.1, -0.05) is 61.2 Å². The molecule has 0 aromatic heterocycles. The zero-order valence-corrected chi connectivity index (χ0v) is 14.3. The lowest BCUT2D eigenvalue weighted by Crippen LogP contribution is -2.36. The molecule has 1 saturated carbocycles. The van der Waals surface area contributed by atoms with Crippen LogP contribution in [0.1, 0.15) is 53.6 Å². The van der Waals surface area contributed by atoms with E-state index in [1.165, 1.54) is 24.8 Å². The Morgan fingerprint density at radius 1 is 1.08 bits per heavy atom. The summed E-state index contributed by atoms with van der Waals surface area (Å²) in [5.74, 6) is 0.619. The Morgan fingerprint density at radius 2 is 1.88 bits per heavy atom. The highest BCUT2D eigenvalue weighted by molar-refractivity contribution is 5.97. The summed E-state index contributed by atoms with van der Waals surface area (Å²) < 4.78 is 5.93. The third kappa shape index (κ3) is 4.38. The second-order valence-corrected chi connectivity index (χ2v) is 6.58. The predicted molar refractivity (Wildman–Crippen MR) is 96.3 cm³/mol. The molecule has 1 fully saturated rings. The molecule has 0 spiro atoms. The van der Waals surface area contributed by atoms with Gasteiger partial charge in [-0.25, -0.2) is 0 Å². The molecule has 0 atom stereocenters. The average Bonchev–Trinajstić information content (AvgIpc) is 2.61. The molecule has 3 rings (SSSR count). The number of nitrogens with one attached hydrogen (secondary N) is 1. The molecule has 0 heterocycles.